The lowest BCUT2D eigenvalue weighted by Crippen LogP contribution is -2.32. The number of H-pyrrole nitrogens is 1. The van der Waals surface area contributed by atoms with Gasteiger partial charge < -0.3 is 9.84 Å². The van der Waals surface area contributed by atoms with E-state index in [2.05, 4.69) is 4.98 Å². The van der Waals surface area contributed by atoms with Crippen LogP contribution in [-0.4, -0.2) is 27.4 Å². The fourth-order valence-electron chi connectivity index (χ4n) is 1.40. The molecule has 1 aliphatic heterocycles. The lowest BCUT2D eigenvalue weighted by molar-refractivity contribution is -0.0103. The highest BCUT2D eigenvalue weighted by Gasteiger charge is 2.21. The second-order valence-corrected chi connectivity index (χ2v) is 3.68. The maximum atomic E-state index is 11.4. The first-order valence-electron chi connectivity index (χ1n) is 4.57. The normalized spacial score (nSPS) is 23.9. The Labute approximate surface area is 94.7 Å². The fraction of sp³-hybridized carbons (Fsp3) is 0.333. The Morgan fingerprint density at radius 2 is 2.25 bits per heavy atom. The van der Waals surface area contributed by atoms with Crippen LogP contribution in [0.25, 0.3) is 0 Å². The number of aromatic amines is 1. The van der Waals surface area contributed by atoms with Crippen molar-refractivity contribution in [3.8, 4) is 0 Å². The molecule has 7 heteroatoms. The zero-order valence-electron chi connectivity index (χ0n) is 8.09. The zero-order valence-corrected chi connectivity index (χ0v) is 8.85. The monoisotopic (exact) mass is 244 g/mol. The Bertz CT molecular complexity index is 533. The van der Waals surface area contributed by atoms with Crippen molar-refractivity contribution in [3.63, 3.8) is 0 Å². The molecule has 2 rings (SSSR count). The number of ether oxygens (including phenoxy) is 1. The van der Waals surface area contributed by atoms with E-state index in [0.29, 0.717) is 0 Å². The Hall–Kier alpha value is -1.37. The lowest BCUT2D eigenvalue weighted by atomic mass is 10.4. The van der Waals surface area contributed by atoms with Crippen LogP contribution in [0.2, 0.25) is 5.02 Å². The summed E-state index contributed by atoms with van der Waals surface area (Å²) in [6.45, 7) is -0.168. The van der Waals surface area contributed by atoms with E-state index in [9.17, 15) is 9.59 Å². The third-order valence-corrected chi connectivity index (χ3v) is 2.45. The summed E-state index contributed by atoms with van der Waals surface area (Å²) in [6.07, 6.45) is 3.35. The van der Waals surface area contributed by atoms with Crippen molar-refractivity contribution in [2.45, 2.75) is 12.3 Å². The molecule has 0 aromatic carbocycles. The Morgan fingerprint density at radius 3 is 2.88 bits per heavy atom. The second-order valence-electron chi connectivity index (χ2n) is 3.28. The van der Waals surface area contributed by atoms with Crippen molar-refractivity contribution in [2.75, 3.05) is 6.61 Å². The van der Waals surface area contributed by atoms with Crippen LogP contribution in [0.1, 0.15) is 6.23 Å². The van der Waals surface area contributed by atoms with Crippen LogP contribution < -0.4 is 11.2 Å². The first-order chi connectivity index (χ1) is 7.61. The van der Waals surface area contributed by atoms with Crippen LogP contribution in [0.4, 0.5) is 0 Å². The molecule has 2 atom stereocenters. The summed E-state index contributed by atoms with van der Waals surface area (Å²) in [6, 6.07) is 0. The lowest BCUT2D eigenvalue weighted by Gasteiger charge is -2.14. The molecule has 1 aromatic heterocycles. The van der Waals surface area contributed by atoms with Crippen molar-refractivity contribution in [1.82, 2.24) is 9.55 Å². The minimum absolute atomic E-state index is 0.0935. The van der Waals surface area contributed by atoms with E-state index in [-0.39, 0.29) is 11.6 Å². The van der Waals surface area contributed by atoms with E-state index in [1.54, 1.807) is 12.2 Å². The van der Waals surface area contributed by atoms with Gasteiger partial charge in [0.05, 0.1) is 6.61 Å². The first-order valence-corrected chi connectivity index (χ1v) is 4.95. The van der Waals surface area contributed by atoms with Crippen LogP contribution in [0.3, 0.4) is 0 Å². The van der Waals surface area contributed by atoms with Gasteiger partial charge in [-0.3, -0.25) is 14.3 Å². The smallest absolute Gasteiger partial charge is 0.330 e. The second kappa shape index (κ2) is 4.25. The molecule has 1 aliphatic rings. The number of hydrogen-bond donors (Lipinski definition) is 2. The van der Waals surface area contributed by atoms with Gasteiger partial charge in [-0.05, 0) is 6.08 Å². The molecule has 0 bridgehead atoms. The quantitative estimate of drug-likeness (QED) is 0.696. The third-order valence-electron chi connectivity index (χ3n) is 2.18. The minimum atomic E-state index is -0.654. The number of aromatic nitrogens is 2. The summed E-state index contributed by atoms with van der Waals surface area (Å²) in [7, 11) is 0. The molecule has 16 heavy (non-hydrogen) atoms. The predicted molar refractivity (Wildman–Crippen MR) is 56.5 cm³/mol. The molecule has 0 unspecified atom stereocenters. The first kappa shape index (κ1) is 11.1. The van der Waals surface area contributed by atoms with Gasteiger partial charge in [0.25, 0.3) is 5.56 Å². The summed E-state index contributed by atoms with van der Waals surface area (Å²) in [4.78, 5) is 24.5. The predicted octanol–water partition coefficient (Wildman–Crippen LogP) is -0.364. The highest BCUT2D eigenvalue weighted by molar-refractivity contribution is 6.30. The van der Waals surface area contributed by atoms with Crippen molar-refractivity contribution < 1.29 is 9.84 Å². The van der Waals surface area contributed by atoms with E-state index in [0.717, 1.165) is 4.57 Å². The number of aliphatic hydroxyl groups is 1. The molecular formula is C9H9ClN2O4. The molecule has 0 amide bonds. The molecule has 0 aliphatic carbocycles. The summed E-state index contributed by atoms with van der Waals surface area (Å²) < 4.78 is 6.44. The molecular weight excluding hydrogens is 236 g/mol. The molecule has 2 heterocycles. The molecule has 0 fully saturated rings. The van der Waals surface area contributed by atoms with E-state index in [1.165, 1.54) is 6.20 Å². The van der Waals surface area contributed by atoms with Crippen LogP contribution >= 0.6 is 11.6 Å². The molecule has 0 spiro atoms. The molecule has 0 saturated carbocycles. The van der Waals surface area contributed by atoms with Gasteiger partial charge in [0, 0.05) is 6.20 Å². The standard InChI is InChI=1S/C9H9ClN2O4/c10-6-3-12(9(15)11-8(6)14)7-2-1-5(4-13)16-7/h1-3,5,7,13H,4H2,(H,11,14,15)/t5-,7+/m0/s1. The molecule has 0 saturated heterocycles. The average molecular weight is 245 g/mol. The Kier molecular flexibility index (Phi) is 2.95. The van der Waals surface area contributed by atoms with Gasteiger partial charge in [0.1, 0.15) is 11.1 Å². The van der Waals surface area contributed by atoms with E-state index >= 15 is 0 Å². The van der Waals surface area contributed by atoms with Gasteiger partial charge in [-0.2, -0.15) is 0 Å². The largest absolute Gasteiger partial charge is 0.393 e. The molecule has 2 N–H and O–H groups in total. The van der Waals surface area contributed by atoms with Gasteiger partial charge >= 0.3 is 5.69 Å². The highest BCUT2D eigenvalue weighted by atomic mass is 35.5. The van der Waals surface area contributed by atoms with E-state index in [1.807, 2.05) is 0 Å². The Balaban J connectivity index is 2.36. The Morgan fingerprint density at radius 1 is 1.50 bits per heavy atom. The minimum Gasteiger partial charge on any atom is -0.393 e. The van der Waals surface area contributed by atoms with E-state index in [4.69, 9.17) is 21.4 Å². The SMILES string of the molecule is O=c1[nH]c(=O)n([C@H]2C=C[C@@H](CO)O2)cc1Cl. The molecule has 1 aromatic rings. The maximum absolute atomic E-state index is 11.4. The molecule has 0 radical (unpaired) electrons. The fourth-order valence-corrected chi connectivity index (χ4v) is 1.55. The topological polar surface area (TPSA) is 84.3 Å². The third kappa shape index (κ3) is 1.95. The average Bonchev–Trinajstić information content (AvgIpc) is 2.71. The van der Waals surface area contributed by atoms with Crippen molar-refractivity contribution in [3.05, 3.63) is 44.2 Å². The highest BCUT2D eigenvalue weighted by Crippen LogP contribution is 2.19. The van der Waals surface area contributed by atoms with Crippen LogP contribution in [-0.2, 0) is 4.74 Å². The van der Waals surface area contributed by atoms with Gasteiger partial charge in [-0.15, -0.1) is 0 Å². The summed E-state index contributed by atoms with van der Waals surface area (Å²) in [5.41, 5.74) is -1.24. The summed E-state index contributed by atoms with van der Waals surface area (Å²) in [5.74, 6) is 0. The van der Waals surface area contributed by atoms with E-state index < -0.39 is 23.6 Å². The number of rotatable bonds is 2. The number of nitrogens with one attached hydrogen (secondary N) is 1. The van der Waals surface area contributed by atoms with Gasteiger partial charge in [0.2, 0.25) is 0 Å². The number of halogens is 1. The van der Waals surface area contributed by atoms with Crippen molar-refractivity contribution >= 4 is 11.6 Å². The van der Waals surface area contributed by atoms with Crippen molar-refractivity contribution in [2.24, 2.45) is 0 Å². The van der Waals surface area contributed by atoms with Crippen LogP contribution in [0.5, 0.6) is 0 Å². The van der Waals surface area contributed by atoms with Crippen LogP contribution in [0, 0.1) is 0 Å². The van der Waals surface area contributed by atoms with Crippen molar-refractivity contribution in [1.29, 1.82) is 0 Å². The molecule has 6 nitrogen and oxygen atoms in total. The molecule has 86 valence electrons. The van der Waals surface area contributed by atoms with Crippen LogP contribution in [0.15, 0.2) is 27.9 Å². The van der Waals surface area contributed by atoms with Gasteiger partial charge in [0.15, 0.2) is 6.23 Å². The zero-order chi connectivity index (χ0) is 11.7. The number of aliphatic hydroxyl groups excluding tert-OH is 1. The summed E-state index contributed by atoms with van der Waals surface area (Å²) >= 11 is 5.60. The number of hydrogen-bond acceptors (Lipinski definition) is 4. The number of nitrogens with zero attached hydrogens (tertiary/aromatic N) is 1. The van der Waals surface area contributed by atoms with Gasteiger partial charge in [-0.25, -0.2) is 4.79 Å². The maximum Gasteiger partial charge on any atom is 0.330 e. The summed E-state index contributed by atoms with van der Waals surface area (Å²) in [5, 5.41) is 8.76. The van der Waals surface area contributed by atoms with Gasteiger partial charge in [-0.1, -0.05) is 17.7 Å².